The Morgan fingerprint density at radius 1 is 1.14 bits per heavy atom. The molecular weight excluding hydrogens is 417 g/mol. The molecule has 0 aliphatic heterocycles. The van der Waals surface area contributed by atoms with Gasteiger partial charge in [0, 0.05) is 6.07 Å². The summed E-state index contributed by atoms with van der Waals surface area (Å²) in [6.45, 7) is 0.693. The summed E-state index contributed by atoms with van der Waals surface area (Å²) in [6, 6.07) is 7.01. The van der Waals surface area contributed by atoms with E-state index in [9.17, 15) is 23.2 Å². The summed E-state index contributed by atoms with van der Waals surface area (Å²) in [5.41, 5.74) is -0.197. The van der Waals surface area contributed by atoms with Crippen molar-refractivity contribution in [3.8, 4) is 0 Å². The molecule has 0 saturated carbocycles. The van der Waals surface area contributed by atoms with E-state index in [4.69, 9.17) is 27.9 Å². The number of nitrogens with one attached hydrogen (secondary N) is 2. The number of carbonyl (C=O) groups excluding carboxylic acids is 3. The highest BCUT2D eigenvalue weighted by Crippen LogP contribution is 2.29. The second-order valence-electron chi connectivity index (χ2n) is 5.53. The Hall–Kier alpha value is -2.71. The van der Waals surface area contributed by atoms with Crippen molar-refractivity contribution < 1.29 is 27.9 Å². The van der Waals surface area contributed by atoms with Gasteiger partial charge in [0.1, 0.15) is 18.2 Å². The van der Waals surface area contributed by atoms with E-state index in [2.05, 4.69) is 10.6 Å². The van der Waals surface area contributed by atoms with Crippen molar-refractivity contribution in [3.05, 3.63) is 63.6 Å². The third kappa shape index (κ3) is 5.64. The van der Waals surface area contributed by atoms with Gasteiger partial charge in [0.15, 0.2) is 6.10 Å². The average Bonchev–Trinajstić information content (AvgIpc) is 2.63. The average molecular weight is 431 g/mol. The maximum Gasteiger partial charge on any atom is 0.326 e. The van der Waals surface area contributed by atoms with Gasteiger partial charge in [-0.1, -0.05) is 29.3 Å². The van der Waals surface area contributed by atoms with Crippen molar-refractivity contribution in [1.29, 1.82) is 0 Å². The van der Waals surface area contributed by atoms with Crippen molar-refractivity contribution in [3.63, 3.8) is 0 Å². The van der Waals surface area contributed by atoms with Gasteiger partial charge in [-0.2, -0.15) is 0 Å². The lowest BCUT2D eigenvalue weighted by atomic mass is 10.2. The van der Waals surface area contributed by atoms with Crippen LogP contribution in [0.25, 0.3) is 0 Å². The maximum absolute atomic E-state index is 13.5. The fourth-order valence-corrected chi connectivity index (χ4v) is 2.40. The van der Waals surface area contributed by atoms with E-state index in [1.807, 2.05) is 0 Å². The molecule has 2 N–H and O–H groups in total. The molecule has 0 bridgehead atoms. The van der Waals surface area contributed by atoms with Crippen LogP contribution in [0.3, 0.4) is 0 Å². The van der Waals surface area contributed by atoms with Crippen LogP contribution in [-0.2, 0) is 14.3 Å². The minimum absolute atomic E-state index is 0.129. The Morgan fingerprint density at radius 2 is 1.86 bits per heavy atom. The van der Waals surface area contributed by atoms with Gasteiger partial charge in [-0.25, -0.2) is 8.78 Å². The maximum atomic E-state index is 13.5. The first kappa shape index (κ1) is 21.6. The van der Waals surface area contributed by atoms with E-state index < -0.39 is 47.6 Å². The minimum Gasteiger partial charge on any atom is -0.451 e. The highest BCUT2D eigenvalue weighted by Gasteiger charge is 2.20. The van der Waals surface area contributed by atoms with Gasteiger partial charge in [0.05, 0.1) is 21.3 Å². The van der Waals surface area contributed by atoms with E-state index in [-0.39, 0.29) is 15.7 Å². The molecule has 1 unspecified atom stereocenters. The van der Waals surface area contributed by atoms with Crippen LogP contribution in [0.2, 0.25) is 10.0 Å². The fraction of sp³-hybridized carbons (Fsp3) is 0.167. The smallest absolute Gasteiger partial charge is 0.326 e. The summed E-state index contributed by atoms with van der Waals surface area (Å²) in [5.74, 6) is -4.45. The van der Waals surface area contributed by atoms with Crippen LogP contribution in [0, 0.1) is 11.6 Å². The molecule has 0 fully saturated rings. The van der Waals surface area contributed by atoms with Crippen molar-refractivity contribution in [2.24, 2.45) is 0 Å². The van der Waals surface area contributed by atoms with E-state index in [1.165, 1.54) is 19.1 Å². The molecule has 148 valence electrons. The highest BCUT2D eigenvalue weighted by atomic mass is 35.5. The monoisotopic (exact) mass is 430 g/mol. The van der Waals surface area contributed by atoms with Gasteiger partial charge in [-0.3, -0.25) is 14.4 Å². The van der Waals surface area contributed by atoms with Crippen molar-refractivity contribution in [2.45, 2.75) is 13.0 Å². The van der Waals surface area contributed by atoms with Crippen LogP contribution in [-0.4, -0.2) is 30.4 Å². The SMILES string of the molecule is CC(OC(=O)CNC(=O)c1ccc(F)cc1F)C(=O)Nc1cccc(Cl)c1Cl. The molecule has 2 rings (SSSR count). The summed E-state index contributed by atoms with van der Waals surface area (Å²) < 4.78 is 31.3. The largest absolute Gasteiger partial charge is 0.451 e. The molecule has 0 saturated heterocycles. The zero-order chi connectivity index (χ0) is 20.8. The topological polar surface area (TPSA) is 84.5 Å². The van der Waals surface area contributed by atoms with Gasteiger partial charge in [0.2, 0.25) is 0 Å². The van der Waals surface area contributed by atoms with Gasteiger partial charge < -0.3 is 15.4 Å². The first-order valence-corrected chi connectivity index (χ1v) is 8.62. The number of ether oxygens (including phenoxy) is 1. The molecule has 0 spiro atoms. The zero-order valence-corrected chi connectivity index (χ0v) is 15.9. The Morgan fingerprint density at radius 3 is 2.54 bits per heavy atom. The van der Waals surface area contributed by atoms with E-state index >= 15 is 0 Å². The molecular formula is C18H14Cl2F2N2O4. The lowest BCUT2D eigenvalue weighted by Crippen LogP contribution is -2.36. The molecule has 6 nitrogen and oxygen atoms in total. The third-order valence-corrected chi connectivity index (χ3v) is 4.27. The first-order chi connectivity index (χ1) is 13.2. The number of amides is 2. The second-order valence-corrected chi connectivity index (χ2v) is 6.31. The molecule has 0 aliphatic carbocycles. The van der Waals surface area contributed by atoms with Gasteiger partial charge >= 0.3 is 5.97 Å². The van der Waals surface area contributed by atoms with Crippen LogP contribution in [0.5, 0.6) is 0 Å². The standard InChI is InChI=1S/C18H14Cl2F2N2O4/c1-9(17(26)24-14-4-2-3-12(19)16(14)20)28-15(25)8-23-18(27)11-6-5-10(21)7-13(11)22/h2-7,9H,8H2,1H3,(H,23,27)(H,24,26). The van der Waals surface area contributed by atoms with Gasteiger partial charge in [0.25, 0.3) is 11.8 Å². The number of benzene rings is 2. The Bertz CT molecular complexity index is 924. The van der Waals surface area contributed by atoms with Crippen LogP contribution >= 0.6 is 23.2 Å². The predicted molar refractivity (Wildman–Crippen MR) is 99.3 cm³/mol. The molecule has 0 heterocycles. The number of anilines is 1. The van der Waals surface area contributed by atoms with Crippen LogP contribution < -0.4 is 10.6 Å². The first-order valence-electron chi connectivity index (χ1n) is 7.86. The van der Waals surface area contributed by atoms with Crippen LogP contribution in [0.4, 0.5) is 14.5 Å². The predicted octanol–water partition coefficient (Wildman–Crippen LogP) is 3.57. The Balaban J connectivity index is 1.87. The summed E-state index contributed by atoms with van der Waals surface area (Å²) >= 11 is 11.8. The normalized spacial score (nSPS) is 11.5. The summed E-state index contributed by atoms with van der Waals surface area (Å²) in [4.78, 5) is 35.7. The van der Waals surface area contributed by atoms with Gasteiger partial charge in [-0.05, 0) is 31.2 Å². The molecule has 28 heavy (non-hydrogen) atoms. The molecule has 2 aromatic rings. The lowest BCUT2D eigenvalue weighted by molar-refractivity contribution is -0.152. The molecule has 0 aliphatic rings. The second kappa shape index (κ2) is 9.48. The Kier molecular flexibility index (Phi) is 7.31. The summed E-state index contributed by atoms with van der Waals surface area (Å²) in [7, 11) is 0. The zero-order valence-electron chi connectivity index (χ0n) is 14.4. The van der Waals surface area contributed by atoms with E-state index in [0.29, 0.717) is 6.07 Å². The number of rotatable bonds is 6. The molecule has 0 aromatic heterocycles. The van der Waals surface area contributed by atoms with E-state index in [0.717, 1.165) is 12.1 Å². The highest BCUT2D eigenvalue weighted by molar-refractivity contribution is 6.44. The number of hydrogen-bond donors (Lipinski definition) is 2. The molecule has 2 amide bonds. The lowest BCUT2D eigenvalue weighted by Gasteiger charge is -2.15. The molecule has 10 heteroatoms. The summed E-state index contributed by atoms with van der Waals surface area (Å²) in [5, 5.41) is 4.94. The van der Waals surface area contributed by atoms with Crippen molar-refractivity contribution >= 4 is 46.7 Å². The van der Waals surface area contributed by atoms with Crippen LogP contribution in [0.1, 0.15) is 17.3 Å². The van der Waals surface area contributed by atoms with Crippen LogP contribution in [0.15, 0.2) is 36.4 Å². The number of hydrogen-bond acceptors (Lipinski definition) is 4. The molecule has 0 radical (unpaired) electrons. The minimum atomic E-state index is -1.21. The quantitative estimate of drug-likeness (QED) is 0.686. The number of carbonyl (C=O) groups is 3. The Labute approximate surface area is 168 Å². The number of halogens is 4. The number of esters is 1. The third-order valence-electron chi connectivity index (χ3n) is 3.46. The van der Waals surface area contributed by atoms with Gasteiger partial charge in [-0.15, -0.1) is 0 Å². The van der Waals surface area contributed by atoms with Crippen molar-refractivity contribution in [2.75, 3.05) is 11.9 Å². The fourth-order valence-electron chi connectivity index (χ4n) is 2.05. The van der Waals surface area contributed by atoms with Crippen molar-refractivity contribution in [1.82, 2.24) is 5.32 Å². The molecule has 1 atom stereocenters. The molecule has 2 aromatic carbocycles. The van der Waals surface area contributed by atoms with E-state index in [1.54, 1.807) is 6.07 Å². The summed E-state index contributed by atoms with van der Waals surface area (Å²) in [6.07, 6.45) is -1.21.